The van der Waals surface area contributed by atoms with Crippen LogP contribution in [0.2, 0.25) is 0 Å². The van der Waals surface area contributed by atoms with E-state index in [9.17, 15) is 4.79 Å². The second-order valence-electron chi connectivity index (χ2n) is 4.73. The maximum atomic E-state index is 12.3. The van der Waals surface area contributed by atoms with Gasteiger partial charge < -0.3 is 4.74 Å². The number of hydrogen-bond donors (Lipinski definition) is 0. The fraction of sp³-hybridized carbons (Fsp3) is 0.533. The first-order chi connectivity index (χ1) is 8.26. The number of carbonyl (C=O) groups is 1. The lowest BCUT2D eigenvalue weighted by Gasteiger charge is -2.11. The summed E-state index contributed by atoms with van der Waals surface area (Å²) < 4.78 is 5.29. The van der Waals surface area contributed by atoms with Gasteiger partial charge in [-0.2, -0.15) is 0 Å². The van der Waals surface area contributed by atoms with Crippen LogP contribution in [0.4, 0.5) is 0 Å². The molecule has 0 aliphatic heterocycles. The summed E-state index contributed by atoms with van der Waals surface area (Å²) in [4.78, 5) is 12.3. The summed E-state index contributed by atoms with van der Waals surface area (Å²) in [6, 6.07) is 5.82. The van der Waals surface area contributed by atoms with Crippen LogP contribution < -0.4 is 4.74 Å². The van der Waals surface area contributed by atoms with E-state index in [4.69, 9.17) is 4.74 Å². The fourth-order valence-corrected chi connectivity index (χ4v) is 2.63. The molecule has 1 aromatic rings. The summed E-state index contributed by atoms with van der Waals surface area (Å²) >= 11 is 0. The molecule has 0 bridgehead atoms. The van der Waals surface area contributed by atoms with Crippen molar-refractivity contribution in [3.8, 4) is 5.75 Å². The molecule has 2 rings (SSSR count). The summed E-state index contributed by atoms with van der Waals surface area (Å²) in [7, 11) is 1.67. The Hall–Kier alpha value is -1.31. The third-order valence-corrected chi connectivity index (χ3v) is 3.67. The van der Waals surface area contributed by atoms with Crippen molar-refractivity contribution in [3.05, 3.63) is 29.3 Å². The number of benzene rings is 1. The molecular weight excluding hydrogens is 212 g/mol. The second kappa shape index (κ2) is 5.35. The normalized spacial score (nSPS) is 16.1. The Morgan fingerprint density at radius 1 is 1.35 bits per heavy atom. The molecule has 2 heteroatoms. The lowest BCUT2D eigenvalue weighted by molar-refractivity contribution is 0.0922. The lowest BCUT2D eigenvalue weighted by Crippen LogP contribution is -2.11. The van der Waals surface area contributed by atoms with Crippen molar-refractivity contribution >= 4 is 5.78 Å². The highest BCUT2D eigenvalue weighted by Crippen LogP contribution is 2.29. The maximum Gasteiger partial charge on any atom is 0.165 e. The Morgan fingerprint density at radius 2 is 2.06 bits per heavy atom. The highest BCUT2D eigenvalue weighted by Gasteiger charge is 2.24. The molecule has 0 unspecified atom stereocenters. The fourth-order valence-electron chi connectivity index (χ4n) is 2.63. The van der Waals surface area contributed by atoms with Crippen LogP contribution >= 0.6 is 0 Å². The molecule has 17 heavy (non-hydrogen) atoms. The molecule has 1 saturated carbocycles. The van der Waals surface area contributed by atoms with Gasteiger partial charge in [-0.3, -0.25) is 4.79 Å². The van der Waals surface area contributed by atoms with Crippen LogP contribution in [0.15, 0.2) is 18.2 Å². The van der Waals surface area contributed by atoms with E-state index in [1.165, 1.54) is 12.8 Å². The number of carbonyl (C=O) groups excluding carboxylic acids is 1. The van der Waals surface area contributed by atoms with Gasteiger partial charge in [-0.05, 0) is 43.0 Å². The largest absolute Gasteiger partial charge is 0.496 e. The zero-order valence-corrected chi connectivity index (χ0v) is 10.7. The smallest absolute Gasteiger partial charge is 0.165 e. The predicted molar refractivity (Wildman–Crippen MR) is 68.7 cm³/mol. The van der Waals surface area contributed by atoms with Gasteiger partial charge in [0.25, 0.3) is 0 Å². The molecule has 0 atom stereocenters. The molecule has 1 aliphatic carbocycles. The molecule has 2 nitrogen and oxygen atoms in total. The first-order valence-electron chi connectivity index (χ1n) is 6.47. The summed E-state index contributed by atoms with van der Waals surface area (Å²) in [6.45, 7) is 2.08. The van der Waals surface area contributed by atoms with Crippen LogP contribution in [0.3, 0.4) is 0 Å². The number of hydrogen-bond acceptors (Lipinski definition) is 2. The van der Waals surface area contributed by atoms with Gasteiger partial charge in [-0.25, -0.2) is 0 Å². The molecule has 0 spiro atoms. The van der Waals surface area contributed by atoms with E-state index in [0.717, 1.165) is 36.1 Å². The number of ketones is 1. The minimum atomic E-state index is 0.258. The Balaban J connectivity index is 2.23. The van der Waals surface area contributed by atoms with E-state index in [0.29, 0.717) is 5.78 Å². The molecule has 0 amide bonds. The van der Waals surface area contributed by atoms with E-state index in [-0.39, 0.29) is 5.92 Å². The number of ether oxygens (including phenoxy) is 1. The van der Waals surface area contributed by atoms with Gasteiger partial charge in [0.2, 0.25) is 0 Å². The van der Waals surface area contributed by atoms with Gasteiger partial charge in [0.15, 0.2) is 5.78 Å². The molecule has 0 aromatic heterocycles. The minimum Gasteiger partial charge on any atom is -0.496 e. The van der Waals surface area contributed by atoms with E-state index in [1.807, 2.05) is 18.2 Å². The van der Waals surface area contributed by atoms with Crippen LogP contribution in [0.25, 0.3) is 0 Å². The van der Waals surface area contributed by atoms with Crippen molar-refractivity contribution in [1.82, 2.24) is 0 Å². The molecule has 0 radical (unpaired) electrons. The first-order valence-corrected chi connectivity index (χ1v) is 6.47. The van der Waals surface area contributed by atoms with Crippen molar-refractivity contribution in [2.24, 2.45) is 5.92 Å². The van der Waals surface area contributed by atoms with E-state index in [1.54, 1.807) is 7.11 Å². The summed E-state index contributed by atoms with van der Waals surface area (Å²) in [5.74, 6) is 1.46. The quantitative estimate of drug-likeness (QED) is 0.741. The van der Waals surface area contributed by atoms with Crippen molar-refractivity contribution in [3.63, 3.8) is 0 Å². The second-order valence-corrected chi connectivity index (χ2v) is 4.73. The summed E-state index contributed by atoms with van der Waals surface area (Å²) in [5.41, 5.74) is 1.98. The third kappa shape index (κ3) is 2.51. The molecule has 1 fully saturated rings. The average molecular weight is 232 g/mol. The molecule has 1 aliphatic rings. The predicted octanol–water partition coefficient (Wildman–Crippen LogP) is 3.63. The van der Waals surface area contributed by atoms with Crippen molar-refractivity contribution in [1.29, 1.82) is 0 Å². The molecule has 0 saturated heterocycles. The first kappa shape index (κ1) is 12.2. The Kier molecular flexibility index (Phi) is 3.82. The third-order valence-electron chi connectivity index (χ3n) is 3.67. The van der Waals surface area contributed by atoms with Crippen LogP contribution in [-0.2, 0) is 6.42 Å². The van der Waals surface area contributed by atoms with Crippen LogP contribution in [0.5, 0.6) is 5.75 Å². The molecular formula is C15H20O2. The summed E-state index contributed by atoms with van der Waals surface area (Å²) in [6.07, 6.45) is 5.42. The topological polar surface area (TPSA) is 26.3 Å². The Bertz CT molecular complexity index is 403. The van der Waals surface area contributed by atoms with Crippen LogP contribution in [0, 0.1) is 5.92 Å². The van der Waals surface area contributed by atoms with E-state index >= 15 is 0 Å². The standard InChI is InChI=1S/C15H20O2/c1-3-11-10-13(8-9-14(11)17-2)15(16)12-6-4-5-7-12/h8-10,12H,3-7H2,1-2H3. The number of methoxy groups -OCH3 is 1. The number of Topliss-reactive ketones (excluding diaryl/α,β-unsaturated/α-hetero) is 1. The van der Waals surface area contributed by atoms with Crippen LogP contribution in [0.1, 0.15) is 48.5 Å². The maximum absolute atomic E-state index is 12.3. The molecule has 0 N–H and O–H groups in total. The highest BCUT2D eigenvalue weighted by molar-refractivity contribution is 5.98. The van der Waals surface area contributed by atoms with Crippen molar-refractivity contribution in [2.45, 2.75) is 39.0 Å². The number of aryl methyl sites for hydroxylation is 1. The van der Waals surface area contributed by atoms with Crippen LogP contribution in [-0.4, -0.2) is 12.9 Å². The molecule has 0 heterocycles. The van der Waals surface area contributed by atoms with Gasteiger partial charge in [0.05, 0.1) is 7.11 Å². The minimum absolute atomic E-state index is 0.258. The van der Waals surface area contributed by atoms with Gasteiger partial charge in [-0.15, -0.1) is 0 Å². The Labute approximate surface area is 103 Å². The monoisotopic (exact) mass is 232 g/mol. The van der Waals surface area contributed by atoms with E-state index < -0.39 is 0 Å². The SMILES string of the molecule is CCc1cc(C(=O)C2CCCC2)ccc1OC. The highest BCUT2D eigenvalue weighted by atomic mass is 16.5. The Morgan fingerprint density at radius 3 is 2.65 bits per heavy atom. The molecule has 92 valence electrons. The van der Waals surface area contributed by atoms with Gasteiger partial charge >= 0.3 is 0 Å². The summed E-state index contributed by atoms with van der Waals surface area (Å²) in [5, 5.41) is 0. The average Bonchev–Trinajstić information content (AvgIpc) is 2.90. The van der Waals surface area contributed by atoms with E-state index in [2.05, 4.69) is 6.92 Å². The van der Waals surface area contributed by atoms with Crippen molar-refractivity contribution in [2.75, 3.05) is 7.11 Å². The molecule has 1 aromatic carbocycles. The van der Waals surface area contributed by atoms with Crippen molar-refractivity contribution < 1.29 is 9.53 Å². The lowest BCUT2D eigenvalue weighted by atomic mass is 9.94. The van der Waals surface area contributed by atoms with Gasteiger partial charge in [0.1, 0.15) is 5.75 Å². The zero-order valence-electron chi connectivity index (χ0n) is 10.7. The zero-order chi connectivity index (χ0) is 12.3. The number of rotatable bonds is 4. The van der Waals surface area contributed by atoms with Gasteiger partial charge in [0, 0.05) is 11.5 Å². The van der Waals surface area contributed by atoms with Gasteiger partial charge in [-0.1, -0.05) is 19.8 Å².